The van der Waals surface area contributed by atoms with Crippen LogP contribution in [0.2, 0.25) is 0 Å². The molecule has 1 amide bonds. The molecule has 1 spiro atoms. The van der Waals surface area contributed by atoms with Gasteiger partial charge in [0.05, 0.1) is 21.8 Å². The third-order valence-electron chi connectivity index (χ3n) is 5.25. The predicted molar refractivity (Wildman–Crippen MR) is 90.7 cm³/mol. The van der Waals surface area contributed by atoms with Crippen molar-refractivity contribution in [3.63, 3.8) is 0 Å². The Morgan fingerprint density at radius 1 is 1.48 bits per heavy atom. The van der Waals surface area contributed by atoms with E-state index in [1.807, 2.05) is 23.1 Å². The molecule has 2 aliphatic heterocycles. The Morgan fingerprint density at radius 2 is 2.39 bits per heavy atom. The largest absolute Gasteiger partial charge is 0.392 e. The Balaban J connectivity index is 1.57. The van der Waals surface area contributed by atoms with Gasteiger partial charge < -0.3 is 15.3 Å². The van der Waals surface area contributed by atoms with Gasteiger partial charge in [0.15, 0.2) is 0 Å². The van der Waals surface area contributed by atoms with Crippen molar-refractivity contribution in [3.8, 4) is 0 Å². The molecule has 2 saturated heterocycles. The average Bonchev–Trinajstić information content (AvgIpc) is 3.05. The summed E-state index contributed by atoms with van der Waals surface area (Å²) in [4.78, 5) is 19.1. The number of carbonyl (C=O) groups is 1. The molecule has 2 N–H and O–H groups in total. The quantitative estimate of drug-likeness (QED) is 0.837. The van der Waals surface area contributed by atoms with E-state index in [-0.39, 0.29) is 17.4 Å². The van der Waals surface area contributed by atoms with Gasteiger partial charge in [-0.3, -0.25) is 4.79 Å². The van der Waals surface area contributed by atoms with Gasteiger partial charge in [0.25, 0.3) is 5.91 Å². The van der Waals surface area contributed by atoms with Crippen molar-refractivity contribution in [2.75, 3.05) is 26.2 Å². The van der Waals surface area contributed by atoms with E-state index in [0.717, 1.165) is 54.7 Å². The number of thiazole rings is 1. The molecule has 0 bridgehead atoms. The number of aromatic nitrogens is 1. The summed E-state index contributed by atoms with van der Waals surface area (Å²) >= 11 is 1.56. The Kier molecular flexibility index (Phi) is 3.83. The minimum Gasteiger partial charge on any atom is -0.392 e. The lowest BCUT2D eigenvalue weighted by Gasteiger charge is -2.48. The lowest BCUT2D eigenvalue weighted by molar-refractivity contribution is -0.0433. The fourth-order valence-corrected chi connectivity index (χ4v) is 4.64. The number of hydrogen-bond acceptors (Lipinski definition) is 5. The van der Waals surface area contributed by atoms with Gasteiger partial charge in [-0.05, 0) is 44.0 Å². The van der Waals surface area contributed by atoms with Crippen LogP contribution in [0.15, 0.2) is 23.7 Å². The minimum atomic E-state index is -0.316. The van der Waals surface area contributed by atoms with E-state index in [0.29, 0.717) is 6.54 Å². The minimum absolute atomic E-state index is 0.0668. The molecule has 122 valence electrons. The van der Waals surface area contributed by atoms with Crippen LogP contribution in [0.25, 0.3) is 10.2 Å². The van der Waals surface area contributed by atoms with Gasteiger partial charge in [0.2, 0.25) is 0 Å². The van der Waals surface area contributed by atoms with Crippen molar-refractivity contribution in [3.05, 3.63) is 29.3 Å². The summed E-state index contributed by atoms with van der Waals surface area (Å²) in [5.41, 5.74) is 3.28. The van der Waals surface area contributed by atoms with E-state index in [2.05, 4.69) is 10.3 Å². The van der Waals surface area contributed by atoms with E-state index in [9.17, 15) is 9.90 Å². The van der Waals surface area contributed by atoms with E-state index in [1.165, 1.54) is 0 Å². The second-order valence-corrected chi connectivity index (χ2v) is 7.60. The predicted octanol–water partition coefficient (Wildman–Crippen LogP) is 1.87. The van der Waals surface area contributed by atoms with Crippen molar-refractivity contribution in [2.45, 2.75) is 25.4 Å². The third-order valence-corrected chi connectivity index (χ3v) is 6.04. The number of piperidine rings is 2. The number of fused-ring (bicyclic) bond motifs is 1. The number of amides is 1. The zero-order valence-corrected chi connectivity index (χ0v) is 13.8. The summed E-state index contributed by atoms with van der Waals surface area (Å²) < 4.78 is 1.04. The Morgan fingerprint density at radius 3 is 3.26 bits per heavy atom. The maximum atomic E-state index is 12.9. The van der Waals surface area contributed by atoms with Crippen LogP contribution in [0, 0.1) is 5.41 Å². The molecule has 2 atom stereocenters. The van der Waals surface area contributed by atoms with Crippen LogP contribution in [0.4, 0.5) is 0 Å². The molecule has 2 aromatic rings. The molecule has 2 fully saturated rings. The number of carbonyl (C=O) groups excluding carboxylic acids is 1. The van der Waals surface area contributed by atoms with E-state index < -0.39 is 0 Å². The summed E-state index contributed by atoms with van der Waals surface area (Å²) in [5.74, 6) is 0.0668. The van der Waals surface area contributed by atoms with Gasteiger partial charge in [-0.25, -0.2) is 4.98 Å². The van der Waals surface area contributed by atoms with Crippen LogP contribution < -0.4 is 5.32 Å². The molecule has 1 aromatic carbocycles. The van der Waals surface area contributed by atoms with Crippen LogP contribution in [0.1, 0.15) is 29.6 Å². The van der Waals surface area contributed by atoms with Gasteiger partial charge >= 0.3 is 0 Å². The van der Waals surface area contributed by atoms with Gasteiger partial charge in [-0.15, -0.1) is 11.3 Å². The number of aliphatic hydroxyl groups excluding tert-OH is 1. The standard InChI is InChI=1S/C17H21N3O2S/c21-15-4-6-18-9-17(15)5-1-7-20(10-17)16(22)12-2-3-13-14(8-12)23-11-19-13/h2-3,8,11,15,18,21H,1,4-7,9-10H2/t15-,17-/m0/s1. The van der Waals surface area contributed by atoms with Crippen molar-refractivity contribution < 1.29 is 9.90 Å². The number of aliphatic hydroxyl groups is 1. The highest BCUT2D eigenvalue weighted by Gasteiger charge is 2.44. The second-order valence-electron chi connectivity index (χ2n) is 6.71. The molecule has 6 heteroatoms. The molecule has 4 rings (SSSR count). The first-order valence-corrected chi connectivity index (χ1v) is 9.07. The molecule has 0 saturated carbocycles. The summed E-state index contributed by atoms with van der Waals surface area (Å²) in [5, 5.41) is 13.9. The number of nitrogens with one attached hydrogen (secondary N) is 1. The van der Waals surface area contributed by atoms with E-state index in [4.69, 9.17) is 0 Å². The average molecular weight is 331 g/mol. The first-order valence-electron chi connectivity index (χ1n) is 8.19. The molecule has 3 heterocycles. The number of hydrogen-bond donors (Lipinski definition) is 2. The molecule has 2 aliphatic rings. The number of likely N-dealkylation sites (tertiary alicyclic amines) is 1. The van der Waals surface area contributed by atoms with E-state index in [1.54, 1.807) is 16.8 Å². The van der Waals surface area contributed by atoms with Gasteiger partial charge in [-0.1, -0.05) is 0 Å². The first kappa shape index (κ1) is 15.1. The molecule has 5 nitrogen and oxygen atoms in total. The normalized spacial score (nSPS) is 28.4. The summed E-state index contributed by atoms with van der Waals surface area (Å²) in [7, 11) is 0. The maximum Gasteiger partial charge on any atom is 0.253 e. The highest BCUT2D eigenvalue weighted by molar-refractivity contribution is 7.16. The van der Waals surface area contributed by atoms with E-state index >= 15 is 0 Å². The topological polar surface area (TPSA) is 65.5 Å². The first-order chi connectivity index (χ1) is 11.2. The van der Waals surface area contributed by atoms with Crippen LogP contribution >= 0.6 is 11.3 Å². The number of benzene rings is 1. The lowest BCUT2D eigenvalue weighted by Crippen LogP contribution is -2.58. The van der Waals surface area contributed by atoms with Crippen LogP contribution in [0.5, 0.6) is 0 Å². The monoisotopic (exact) mass is 331 g/mol. The summed E-state index contributed by atoms with van der Waals surface area (Å²) in [6.45, 7) is 3.07. The highest BCUT2D eigenvalue weighted by atomic mass is 32.1. The van der Waals surface area contributed by atoms with Crippen molar-refractivity contribution in [2.24, 2.45) is 5.41 Å². The number of rotatable bonds is 1. The van der Waals surface area contributed by atoms with Crippen molar-refractivity contribution >= 4 is 27.5 Å². The molecule has 23 heavy (non-hydrogen) atoms. The lowest BCUT2D eigenvalue weighted by atomic mass is 9.72. The van der Waals surface area contributed by atoms with Gasteiger partial charge in [0, 0.05) is 30.6 Å². The Hall–Kier alpha value is -1.50. The fourth-order valence-electron chi connectivity index (χ4n) is 3.92. The van der Waals surface area contributed by atoms with Crippen LogP contribution in [0.3, 0.4) is 0 Å². The second kappa shape index (κ2) is 5.85. The van der Waals surface area contributed by atoms with Crippen molar-refractivity contribution in [1.82, 2.24) is 15.2 Å². The number of nitrogens with zero attached hydrogens (tertiary/aromatic N) is 2. The zero-order chi connectivity index (χ0) is 15.9. The molecule has 1 aromatic heterocycles. The maximum absolute atomic E-state index is 12.9. The van der Waals surface area contributed by atoms with Gasteiger partial charge in [-0.2, -0.15) is 0 Å². The highest BCUT2D eigenvalue weighted by Crippen LogP contribution is 2.36. The summed E-state index contributed by atoms with van der Waals surface area (Å²) in [6, 6.07) is 5.71. The zero-order valence-electron chi connectivity index (χ0n) is 13.0. The molecule has 0 unspecified atom stereocenters. The smallest absolute Gasteiger partial charge is 0.253 e. The Bertz CT molecular complexity index is 727. The van der Waals surface area contributed by atoms with Crippen LogP contribution in [-0.4, -0.2) is 53.2 Å². The molecular formula is C17H21N3O2S. The Labute approximate surface area is 139 Å². The van der Waals surface area contributed by atoms with Crippen molar-refractivity contribution in [1.29, 1.82) is 0 Å². The molecule has 0 aliphatic carbocycles. The van der Waals surface area contributed by atoms with Crippen LogP contribution in [-0.2, 0) is 0 Å². The third kappa shape index (κ3) is 2.65. The van der Waals surface area contributed by atoms with Gasteiger partial charge in [0.1, 0.15) is 0 Å². The molecule has 0 radical (unpaired) electrons. The fraction of sp³-hybridized carbons (Fsp3) is 0.529. The SMILES string of the molecule is O=C(c1ccc2ncsc2c1)N1CCC[C@]2(CNCC[C@@H]2O)C1. The summed E-state index contributed by atoms with van der Waals surface area (Å²) in [6.07, 6.45) is 2.39. The molecular weight excluding hydrogens is 310 g/mol.